The molecule has 0 heterocycles. The smallest absolute Gasteiger partial charge is 0.251 e. The van der Waals surface area contributed by atoms with E-state index in [0.717, 1.165) is 5.56 Å². The average Bonchev–Trinajstić information content (AvgIpc) is 2.34. The van der Waals surface area contributed by atoms with Crippen molar-refractivity contribution in [1.29, 1.82) is 0 Å². The highest BCUT2D eigenvalue weighted by Crippen LogP contribution is 1.98. The van der Waals surface area contributed by atoms with E-state index in [9.17, 15) is 4.79 Å². The van der Waals surface area contributed by atoms with Gasteiger partial charge in [-0.25, -0.2) is 0 Å². The van der Waals surface area contributed by atoms with E-state index in [2.05, 4.69) is 5.32 Å². The number of benzene rings is 1. The van der Waals surface area contributed by atoms with Gasteiger partial charge < -0.3 is 14.8 Å². The molecule has 0 aliphatic carbocycles. The van der Waals surface area contributed by atoms with Crippen LogP contribution in [0.2, 0.25) is 0 Å². The number of hydrogen-bond donors (Lipinski definition) is 1. The Hall–Kier alpha value is -1.39. The second kappa shape index (κ2) is 6.98. The Kier molecular flexibility index (Phi) is 5.53. The SMILES string of the molecule is COCC(OC)C(=O)NCc1ccccc1. The molecule has 0 aliphatic rings. The third-order valence-corrected chi connectivity index (χ3v) is 2.20. The van der Waals surface area contributed by atoms with E-state index >= 15 is 0 Å². The fourth-order valence-electron chi connectivity index (χ4n) is 1.30. The maximum Gasteiger partial charge on any atom is 0.251 e. The Morgan fingerprint density at radius 3 is 2.56 bits per heavy atom. The van der Waals surface area contributed by atoms with Crippen LogP contribution in [-0.2, 0) is 20.8 Å². The van der Waals surface area contributed by atoms with Crippen LogP contribution >= 0.6 is 0 Å². The molecule has 0 fully saturated rings. The van der Waals surface area contributed by atoms with Gasteiger partial charge in [-0.2, -0.15) is 0 Å². The van der Waals surface area contributed by atoms with Crippen LogP contribution in [0.4, 0.5) is 0 Å². The van der Waals surface area contributed by atoms with E-state index in [4.69, 9.17) is 9.47 Å². The molecule has 0 spiro atoms. The molecule has 88 valence electrons. The standard InChI is InChI=1S/C12H17NO3/c1-15-9-11(16-2)12(14)13-8-10-6-4-3-5-7-10/h3-7,11H,8-9H2,1-2H3,(H,13,14). The minimum Gasteiger partial charge on any atom is -0.381 e. The molecule has 0 bridgehead atoms. The number of amides is 1. The molecule has 0 aliphatic heterocycles. The van der Waals surface area contributed by atoms with E-state index in [1.807, 2.05) is 30.3 Å². The zero-order valence-corrected chi connectivity index (χ0v) is 9.60. The van der Waals surface area contributed by atoms with Crippen LogP contribution in [0.25, 0.3) is 0 Å². The highest BCUT2D eigenvalue weighted by Gasteiger charge is 2.16. The van der Waals surface area contributed by atoms with Crippen LogP contribution in [0.15, 0.2) is 30.3 Å². The van der Waals surface area contributed by atoms with Crippen LogP contribution in [0.1, 0.15) is 5.56 Å². The Bertz CT molecular complexity index is 313. The van der Waals surface area contributed by atoms with Gasteiger partial charge >= 0.3 is 0 Å². The summed E-state index contributed by atoms with van der Waals surface area (Å²) in [7, 11) is 3.03. The molecular weight excluding hydrogens is 206 g/mol. The number of hydrogen-bond acceptors (Lipinski definition) is 3. The zero-order valence-electron chi connectivity index (χ0n) is 9.60. The Morgan fingerprint density at radius 1 is 1.31 bits per heavy atom. The zero-order chi connectivity index (χ0) is 11.8. The van der Waals surface area contributed by atoms with Gasteiger partial charge in [-0.1, -0.05) is 30.3 Å². The van der Waals surface area contributed by atoms with Crippen molar-refractivity contribution < 1.29 is 14.3 Å². The number of methoxy groups -OCH3 is 2. The monoisotopic (exact) mass is 223 g/mol. The van der Waals surface area contributed by atoms with Crippen molar-refractivity contribution in [3.63, 3.8) is 0 Å². The van der Waals surface area contributed by atoms with Gasteiger partial charge in [0.2, 0.25) is 0 Å². The molecule has 1 aromatic carbocycles. The normalized spacial score (nSPS) is 12.1. The van der Waals surface area contributed by atoms with Crippen molar-refractivity contribution in [3.05, 3.63) is 35.9 Å². The first-order valence-corrected chi connectivity index (χ1v) is 5.11. The Labute approximate surface area is 95.6 Å². The highest BCUT2D eigenvalue weighted by atomic mass is 16.5. The largest absolute Gasteiger partial charge is 0.381 e. The molecule has 0 radical (unpaired) electrons. The number of ether oxygens (including phenoxy) is 2. The average molecular weight is 223 g/mol. The second-order valence-electron chi connectivity index (χ2n) is 3.38. The van der Waals surface area contributed by atoms with Crippen molar-refractivity contribution in [2.45, 2.75) is 12.6 Å². The summed E-state index contributed by atoms with van der Waals surface area (Å²) in [5, 5.41) is 2.79. The minimum absolute atomic E-state index is 0.159. The maximum absolute atomic E-state index is 11.6. The quantitative estimate of drug-likeness (QED) is 0.781. The van der Waals surface area contributed by atoms with Crippen molar-refractivity contribution in [3.8, 4) is 0 Å². The molecular formula is C12H17NO3. The van der Waals surface area contributed by atoms with Crippen LogP contribution in [0, 0.1) is 0 Å². The molecule has 1 N–H and O–H groups in total. The second-order valence-corrected chi connectivity index (χ2v) is 3.38. The summed E-state index contributed by atoms with van der Waals surface area (Å²) < 4.78 is 9.89. The molecule has 1 rings (SSSR count). The molecule has 0 saturated carbocycles. The predicted octanol–water partition coefficient (Wildman–Crippen LogP) is 0.964. The first kappa shape index (κ1) is 12.7. The van der Waals surface area contributed by atoms with E-state index in [0.29, 0.717) is 6.54 Å². The van der Waals surface area contributed by atoms with Gasteiger partial charge in [-0.3, -0.25) is 4.79 Å². The summed E-state index contributed by atoms with van der Waals surface area (Å²) in [4.78, 5) is 11.6. The predicted molar refractivity (Wildman–Crippen MR) is 61.0 cm³/mol. The molecule has 1 unspecified atom stereocenters. The Balaban J connectivity index is 2.40. The van der Waals surface area contributed by atoms with Crippen molar-refractivity contribution in [1.82, 2.24) is 5.32 Å². The minimum atomic E-state index is -0.547. The lowest BCUT2D eigenvalue weighted by molar-refractivity contribution is -0.134. The van der Waals surface area contributed by atoms with Gasteiger partial charge in [0.1, 0.15) is 0 Å². The lowest BCUT2D eigenvalue weighted by Gasteiger charge is -2.14. The van der Waals surface area contributed by atoms with Crippen LogP contribution < -0.4 is 5.32 Å². The van der Waals surface area contributed by atoms with Gasteiger partial charge in [0, 0.05) is 20.8 Å². The molecule has 4 nitrogen and oxygen atoms in total. The molecule has 16 heavy (non-hydrogen) atoms. The number of carbonyl (C=O) groups is 1. The molecule has 1 aromatic rings. The van der Waals surface area contributed by atoms with Crippen LogP contribution in [-0.4, -0.2) is 32.8 Å². The van der Waals surface area contributed by atoms with Gasteiger partial charge in [-0.15, -0.1) is 0 Å². The number of rotatable bonds is 6. The van der Waals surface area contributed by atoms with E-state index in [1.165, 1.54) is 14.2 Å². The van der Waals surface area contributed by atoms with Crippen molar-refractivity contribution in [2.24, 2.45) is 0 Å². The number of nitrogens with one attached hydrogen (secondary N) is 1. The summed E-state index contributed by atoms with van der Waals surface area (Å²) in [5.41, 5.74) is 1.06. The summed E-state index contributed by atoms with van der Waals surface area (Å²) in [6.45, 7) is 0.764. The first-order valence-electron chi connectivity index (χ1n) is 5.11. The summed E-state index contributed by atoms with van der Waals surface area (Å²) >= 11 is 0. The number of carbonyl (C=O) groups excluding carboxylic acids is 1. The lowest BCUT2D eigenvalue weighted by Crippen LogP contribution is -2.38. The first-order chi connectivity index (χ1) is 7.77. The molecule has 4 heteroatoms. The van der Waals surface area contributed by atoms with Gasteiger partial charge in [0.05, 0.1) is 6.61 Å². The molecule has 1 amide bonds. The van der Waals surface area contributed by atoms with Gasteiger partial charge in [-0.05, 0) is 5.56 Å². The van der Waals surface area contributed by atoms with E-state index in [-0.39, 0.29) is 12.5 Å². The topological polar surface area (TPSA) is 47.6 Å². The highest BCUT2D eigenvalue weighted by molar-refractivity contribution is 5.80. The lowest BCUT2D eigenvalue weighted by atomic mass is 10.2. The maximum atomic E-state index is 11.6. The van der Waals surface area contributed by atoms with Crippen molar-refractivity contribution >= 4 is 5.91 Å². The van der Waals surface area contributed by atoms with E-state index in [1.54, 1.807) is 0 Å². The summed E-state index contributed by atoms with van der Waals surface area (Å²) in [6.07, 6.45) is -0.547. The van der Waals surface area contributed by atoms with E-state index < -0.39 is 6.10 Å². The third-order valence-electron chi connectivity index (χ3n) is 2.20. The summed E-state index contributed by atoms with van der Waals surface area (Å²) in [5.74, 6) is -0.159. The molecule has 0 aromatic heterocycles. The van der Waals surface area contributed by atoms with Crippen LogP contribution in [0.3, 0.4) is 0 Å². The molecule has 0 saturated heterocycles. The third kappa shape index (κ3) is 4.00. The summed E-state index contributed by atoms with van der Waals surface area (Å²) in [6, 6.07) is 9.72. The van der Waals surface area contributed by atoms with Gasteiger partial charge in [0.25, 0.3) is 5.91 Å². The fourth-order valence-corrected chi connectivity index (χ4v) is 1.30. The Morgan fingerprint density at radius 2 is 2.00 bits per heavy atom. The fraction of sp³-hybridized carbons (Fsp3) is 0.417. The van der Waals surface area contributed by atoms with Gasteiger partial charge in [0.15, 0.2) is 6.10 Å². The van der Waals surface area contributed by atoms with Crippen LogP contribution in [0.5, 0.6) is 0 Å². The van der Waals surface area contributed by atoms with Crippen molar-refractivity contribution in [2.75, 3.05) is 20.8 Å². The molecule has 1 atom stereocenters.